The standard InChI is InChI=1S/C22H29NO6/c1-14(2)8-9-19-10-15(3)20(22(26)29-19)21(25)23-12-16(24)13-28-18-7-5-6-17(11-18)27-4/h5-7,10-11,14,16,24H,8-9,12-13H2,1-4H3,(H,23,25). The molecule has 0 saturated carbocycles. The second-order valence-corrected chi connectivity index (χ2v) is 7.34. The SMILES string of the molecule is COc1cccc(OCC(O)CNC(=O)c2c(C)cc(CCC(C)C)oc2=O)c1. The van der Waals surface area contributed by atoms with Crippen LogP contribution in [0, 0.1) is 12.8 Å². The third kappa shape index (κ3) is 6.94. The molecule has 158 valence electrons. The molecule has 1 amide bonds. The van der Waals surface area contributed by atoms with Crippen LogP contribution in [0.2, 0.25) is 0 Å². The van der Waals surface area contributed by atoms with Gasteiger partial charge in [0, 0.05) is 19.0 Å². The van der Waals surface area contributed by atoms with Gasteiger partial charge in [0.25, 0.3) is 5.91 Å². The van der Waals surface area contributed by atoms with E-state index in [9.17, 15) is 14.7 Å². The maximum absolute atomic E-state index is 12.4. The van der Waals surface area contributed by atoms with Gasteiger partial charge in [0.1, 0.15) is 35.5 Å². The smallest absolute Gasteiger partial charge is 0.349 e. The lowest BCUT2D eigenvalue weighted by molar-refractivity contribution is 0.0839. The van der Waals surface area contributed by atoms with Crippen LogP contribution in [0.4, 0.5) is 0 Å². The summed E-state index contributed by atoms with van der Waals surface area (Å²) in [6, 6.07) is 8.71. The predicted octanol–water partition coefficient (Wildman–Crippen LogP) is 2.72. The van der Waals surface area contributed by atoms with Crippen LogP contribution in [0.1, 0.15) is 41.9 Å². The Morgan fingerprint density at radius 2 is 1.97 bits per heavy atom. The highest BCUT2D eigenvalue weighted by atomic mass is 16.5. The third-order valence-electron chi connectivity index (χ3n) is 4.38. The van der Waals surface area contributed by atoms with E-state index in [1.165, 1.54) is 0 Å². The molecular formula is C22H29NO6. The first-order valence-electron chi connectivity index (χ1n) is 9.67. The number of carbonyl (C=O) groups excluding carboxylic acids is 1. The summed E-state index contributed by atoms with van der Waals surface area (Å²) in [4.78, 5) is 24.6. The van der Waals surface area contributed by atoms with Crippen molar-refractivity contribution < 1.29 is 23.8 Å². The zero-order valence-electron chi connectivity index (χ0n) is 17.4. The van der Waals surface area contributed by atoms with Crippen LogP contribution in [0.15, 0.2) is 39.5 Å². The van der Waals surface area contributed by atoms with Gasteiger partial charge in [-0.05, 0) is 43.0 Å². The van der Waals surface area contributed by atoms with E-state index >= 15 is 0 Å². The number of amides is 1. The number of benzene rings is 1. The van der Waals surface area contributed by atoms with Gasteiger partial charge in [0.15, 0.2) is 0 Å². The van der Waals surface area contributed by atoms with Crippen molar-refractivity contribution in [3.05, 3.63) is 57.6 Å². The molecular weight excluding hydrogens is 374 g/mol. The first-order chi connectivity index (χ1) is 13.8. The molecule has 1 aromatic heterocycles. The maximum atomic E-state index is 12.4. The van der Waals surface area contributed by atoms with Crippen LogP contribution in [0.25, 0.3) is 0 Å². The Morgan fingerprint density at radius 3 is 2.62 bits per heavy atom. The van der Waals surface area contributed by atoms with Crippen molar-refractivity contribution in [3.8, 4) is 11.5 Å². The lowest BCUT2D eigenvalue weighted by Gasteiger charge is -2.14. The van der Waals surface area contributed by atoms with Crippen LogP contribution in [-0.2, 0) is 6.42 Å². The minimum absolute atomic E-state index is 0.0187. The fraction of sp³-hybridized carbons (Fsp3) is 0.455. The molecule has 0 aliphatic carbocycles. The van der Waals surface area contributed by atoms with Gasteiger partial charge in [0.05, 0.1) is 7.11 Å². The molecule has 7 nitrogen and oxygen atoms in total. The Labute approximate surface area is 170 Å². The molecule has 1 atom stereocenters. The largest absolute Gasteiger partial charge is 0.497 e. The third-order valence-corrected chi connectivity index (χ3v) is 4.38. The van der Waals surface area contributed by atoms with Crippen LogP contribution in [0.5, 0.6) is 11.5 Å². The molecule has 0 spiro atoms. The van der Waals surface area contributed by atoms with E-state index in [-0.39, 0.29) is 18.7 Å². The van der Waals surface area contributed by atoms with Gasteiger partial charge in [-0.1, -0.05) is 19.9 Å². The molecule has 1 aromatic carbocycles. The molecule has 0 aliphatic heterocycles. The minimum atomic E-state index is -0.942. The number of aliphatic hydroxyl groups is 1. The summed E-state index contributed by atoms with van der Waals surface area (Å²) in [5.74, 6) is 1.67. The molecule has 1 heterocycles. The zero-order chi connectivity index (χ0) is 21.4. The fourth-order valence-electron chi connectivity index (χ4n) is 2.74. The van der Waals surface area contributed by atoms with E-state index in [4.69, 9.17) is 13.9 Å². The van der Waals surface area contributed by atoms with Crippen molar-refractivity contribution in [2.24, 2.45) is 5.92 Å². The Hall–Kier alpha value is -2.80. The molecule has 2 rings (SSSR count). The summed E-state index contributed by atoms with van der Waals surface area (Å²) in [5.41, 5.74) is -0.151. The number of methoxy groups -OCH3 is 1. The second-order valence-electron chi connectivity index (χ2n) is 7.34. The normalized spacial score (nSPS) is 11.9. The van der Waals surface area contributed by atoms with E-state index in [2.05, 4.69) is 19.2 Å². The lowest BCUT2D eigenvalue weighted by Crippen LogP contribution is -2.37. The average molecular weight is 403 g/mol. The van der Waals surface area contributed by atoms with E-state index in [0.717, 1.165) is 6.42 Å². The lowest BCUT2D eigenvalue weighted by atomic mass is 10.0. The van der Waals surface area contributed by atoms with Gasteiger partial charge >= 0.3 is 5.63 Å². The van der Waals surface area contributed by atoms with Crippen LogP contribution >= 0.6 is 0 Å². The maximum Gasteiger partial charge on any atom is 0.349 e. The van der Waals surface area contributed by atoms with E-state index in [1.54, 1.807) is 44.4 Å². The molecule has 2 N–H and O–H groups in total. The fourth-order valence-corrected chi connectivity index (χ4v) is 2.74. The molecule has 0 saturated heterocycles. The van der Waals surface area contributed by atoms with Gasteiger partial charge in [-0.3, -0.25) is 4.79 Å². The number of aliphatic hydroxyl groups excluding tert-OH is 1. The quantitative estimate of drug-likeness (QED) is 0.633. The van der Waals surface area contributed by atoms with E-state index < -0.39 is 17.6 Å². The molecule has 0 fully saturated rings. The molecule has 0 bridgehead atoms. The van der Waals surface area contributed by atoms with Crippen molar-refractivity contribution in [2.45, 2.75) is 39.7 Å². The first-order valence-corrected chi connectivity index (χ1v) is 9.67. The summed E-state index contributed by atoms with van der Waals surface area (Å²) in [7, 11) is 1.55. The summed E-state index contributed by atoms with van der Waals surface area (Å²) in [6.07, 6.45) is 0.603. The van der Waals surface area contributed by atoms with E-state index in [0.29, 0.717) is 35.2 Å². The van der Waals surface area contributed by atoms with Gasteiger partial charge in [-0.25, -0.2) is 4.79 Å². The van der Waals surface area contributed by atoms with Gasteiger partial charge < -0.3 is 24.3 Å². The number of nitrogens with one attached hydrogen (secondary N) is 1. The molecule has 2 aromatic rings. The predicted molar refractivity (Wildman–Crippen MR) is 110 cm³/mol. The van der Waals surface area contributed by atoms with Crippen molar-refractivity contribution in [1.82, 2.24) is 5.32 Å². The Balaban J connectivity index is 1.90. The Morgan fingerprint density at radius 1 is 1.24 bits per heavy atom. The highest BCUT2D eigenvalue weighted by molar-refractivity contribution is 5.95. The van der Waals surface area contributed by atoms with Crippen molar-refractivity contribution >= 4 is 5.91 Å². The second kappa shape index (κ2) is 10.7. The number of aryl methyl sites for hydroxylation is 2. The first kappa shape index (κ1) is 22.5. The van der Waals surface area contributed by atoms with Crippen molar-refractivity contribution in [3.63, 3.8) is 0 Å². The summed E-state index contributed by atoms with van der Waals surface area (Å²) in [6.45, 7) is 5.81. The molecule has 1 unspecified atom stereocenters. The van der Waals surface area contributed by atoms with E-state index in [1.807, 2.05) is 0 Å². The van der Waals surface area contributed by atoms with Gasteiger partial charge in [-0.15, -0.1) is 0 Å². The molecule has 0 aliphatic rings. The number of hydrogen-bond donors (Lipinski definition) is 2. The zero-order valence-corrected chi connectivity index (χ0v) is 17.4. The van der Waals surface area contributed by atoms with Crippen molar-refractivity contribution in [1.29, 1.82) is 0 Å². The number of hydrogen-bond acceptors (Lipinski definition) is 6. The van der Waals surface area contributed by atoms with Gasteiger partial charge in [0.2, 0.25) is 0 Å². The molecule has 0 radical (unpaired) electrons. The number of carbonyl (C=O) groups is 1. The van der Waals surface area contributed by atoms with Crippen molar-refractivity contribution in [2.75, 3.05) is 20.3 Å². The summed E-state index contributed by atoms with van der Waals surface area (Å²) >= 11 is 0. The topological polar surface area (TPSA) is 98.0 Å². The van der Waals surface area contributed by atoms with Gasteiger partial charge in [-0.2, -0.15) is 0 Å². The monoisotopic (exact) mass is 403 g/mol. The highest BCUT2D eigenvalue weighted by Gasteiger charge is 2.18. The molecule has 29 heavy (non-hydrogen) atoms. The van der Waals surface area contributed by atoms with Crippen LogP contribution < -0.4 is 20.4 Å². The summed E-state index contributed by atoms with van der Waals surface area (Å²) in [5, 5.41) is 12.6. The molecule has 7 heteroatoms. The Bertz CT molecular complexity index is 874. The number of ether oxygens (including phenoxy) is 2. The van der Waals surface area contributed by atoms with Crippen LogP contribution in [0.3, 0.4) is 0 Å². The average Bonchev–Trinajstić information content (AvgIpc) is 2.68. The summed E-state index contributed by atoms with van der Waals surface area (Å²) < 4.78 is 15.9. The highest BCUT2D eigenvalue weighted by Crippen LogP contribution is 2.19. The van der Waals surface area contributed by atoms with Crippen LogP contribution in [-0.4, -0.2) is 37.4 Å². The minimum Gasteiger partial charge on any atom is -0.497 e. The number of rotatable bonds is 10. The Kier molecular flexibility index (Phi) is 8.27.